The highest BCUT2D eigenvalue weighted by Crippen LogP contribution is 2.06. The summed E-state index contributed by atoms with van der Waals surface area (Å²) in [7, 11) is 1.48. The molecule has 0 radical (unpaired) electrons. The number of nitrogens with one attached hydrogen (secondary N) is 2. The second-order valence-electron chi connectivity index (χ2n) is 4.25. The van der Waals surface area contributed by atoms with Gasteiger partial charge in [0.2, 0.25) is 0 Å². The molecule has 0 unspecified atom stereocenters. The molecule has 0 saturated carbocycles. The van der Waals surface area contributed by atoms with E-state index in [0.717, 1.165) is 5.56 Å². The van der Waals surface area contributed by atoms with Gasteiger partial charge in [-0.15, -0.1) is 0 Å². The molecule has 5 heteroatoms. The Morgan fingerprint density at radius 3 is 2.33 bits per heavy atom. The van der Waals surface area contributed by atoms with Crippen LogP contribution in [0.3, 0.4) is 0 Å². The molecule has 0 heterocycles. The number of amides is 3. The maximum Gasteiger partial charge on any atom is 0.321 e. The second-order valence-corrected chi connectivity index (χ2v) is 4.25. The number of hydrogen-bond acceptors (Lipinski definition) is 2. The van der Waals surface area contributed by atoms with E-state index in [9.17, 15) is 9.59 Å². The van der Waals surface area contributed by atoms with Gasteiger partial charge in [-0.25, -0.2) is 4.79 Å². The van der Waals surface area contributed by atoms with Gasteiger partial charge in [-0.3, -0.25) is 10.1 Å². The fourth-order valence-electron chi connectivity index (χ4n) is 1.68. The third kappa shape index (κ3) is 4.18. The standard InChI is InChI=1S/C13H19N3O2/c1-9(11-7-5-4-6-8-11)15-10(2)12(17)16-13(18)14-3/h4-10,15H,1-3H3,(H2,14,16,17,18)/p+1/t9-,10+/m1/s1. The van der Waals surface area contributed by atoms with E-state index in [0.29, 0.717) is 0 Å². The largest absolute Gasteiger partial charge is 0.341 e. The molecule has 5 nitrogen and oxygen atoms in total. The van der Waals surface area contributed by atoms with Crippen molar-refractivity contribution >= 4 is 11.9 Å². The Morgan fingerprint density at radius 1 is 1.17 bits per heavy atom. The lowest BCUT2D eigenvalue weighted by molar-refractivity contribution is -0.710. The molecule has 1 rings (SSSR count). The quantitative estimate of drug-likeness (QED) is 0.712. The molecule has 3 amide bonds. The number of hydrogen-bond donors (Lipinski definition) is 3. The van der Waals surface area contributed by atoms with Gasteiger partial charge < -0.3 is 10.6 Å². The lowest BCUT2D eigenvalue weighted by Gasteiger charge is -2.16. The first kappa shape index (κ1) is 14.2. The minimum Gasteiger partial charge on any atom is -0.341 e. The summed E-state index contributed by atoms with van der Waals surface area (Å²) in [6.45, 7) is 3.80. The molecule has 0 saturated heterocycles. The third-order valence-corrected chi connectivity index (χ3v) is 2.78. The second kappa shape index (κ2) is 6.76. The van der Waals surface area contributed by atoms with Crippen molar-refractivity contribution in [3.05, 3.63) is 35.9 Å². The number of rotatable bonds is 4. The van der Waals surface area contributed by atoms with Crippen LogP contribution in [0.15, 0.2) is 30.3 Å². The normalized spacial score (nSPS) is 13.5. The van der Waals surface area contributed by atoms with Crippen molar-refractivity contribution in [2.75, 3.05) is 7.05 Å². The molecule has 2 atom stereocenters. The van der Waals surface area contributed by atoms with Crippen molar-refractivity contribution in [1.29, 1.82) is 0 Å². The van der Waals surface area contributed by atoms with Crippen molar-refractivity contribution in [2.45, 2.75) is 25.9 Å². The molecular formula is C13H20N3O2+. The fourth-order valence-corrected chi connectivity index (χ4v) is 1.68. The van der Waals surface area contributed by atoms with Gasteiger partial charge in [-0.2, -0.15) is 0 Å². The molecule has 0 aliphatic carbocycles. The first-order chi connectivity index (χ1) is 8.54. The van der Waals surface area contributed by atoms with Crippen LogP contribution in [-0.2, 0) is 4.79 Å². The SMILES string of the molecule is CNC(=O)NC(=O)[C@H](C)[NH2+][C@H](C)c1ccccc1. The van der Waals surface area contributed by atoms with Crippen LogP contribution < -0.4 is 16.0 Å². The van der Waals surface area contributed by atoms with Gasteiger partial charge in [-0.1, -0.05) is 30.3 Å². The topological polar surface area (TPSA) is 74.8 Å². The molecule has 0 bridgehead atoms. The molecule has 0 aromatic heterocycles. The summed E-state index contributed by atoms with van der Waals surface area (Å²) in [6, 6.07) is 9.29. The monoisotopic (exact) mass is 250 g/mol. The van der Waals surface area contributed by atoms with Gasteiger partial charge in [0.1, 0.15) is 6.04 Å². The Hall–Kier alpha value is -1.88. The van der Waals surface area contributed by atoms with E-state index in [4.69, 9.17) is 0 Å². The number of benzene rings is 1. The van der Waals surface area contributed by atoms with Gasteiger partial charge in [0.05, 0.1) is 0 Å². The van der Waals surface area contributed by atoms with Gasteiger partial charge in [0.25, 0.3) is 5.91 Å². The zero-order valence-electron chi connectivity index (χ0n) is 10.9. The number of carbonyl (C=O) groups excluding carboxylic acids is 2. The summed E-state index contributed by atoms with van der Waals surface area (Å²) in [5, 5.41) is 6.54. The van der Waals surface area contributed by atoms with Gasteiger partial charge >= 0.3 is 6.03 Å². The minimum atomic E-state index is -0.479. The Morgan fingerprint density at radius 2 is 1.78 bits per heavy atom. The van der Waals surface area contributed by atoms with Crippen molar-refractivity contribution in [1.82, 2.24) is 10.6 Å². The lowest BCUT2D eigenvalue weighted by Crippen LogP contribution is -2.92. The zero-order chi connectivity index (χ0) is 13.5. The molecule has 98 valence electrons. The Balaban J connectivity index is 2.52. The van der Waals surface area contributed by atoms with Gasteiger partial charge in [0.15, 0.2) is 6.04 Å². The Kier molecular flexibility index (Phi) is 5.32. The molecule has 0 fully saturated rings. The van der Waals surface area contributed by atoms with Crippen LogP contribution in [0.4, 0.5) is 4.79 Å². The number of imide groups is 1. The highest BCUT2D eigenvalue weighted by atomic mass is 16.2. The maximum atomic E-state index is 11.7. The molecule has 0 spiro atoms. The van der Waals surface area contributed by atoms with E-state index >= 15 is 0 Å². The van der Waals surface area contributed by atoms with Crippen molar-refractivity contribution in [2.24, 2.45) is 0 Å². The summed E-state index contributed by atoms with van der Waals surface area (Å²) in [6.07, 6.45) is 0. The third-order valence-electron chi connectivity index (χ3n) is 2.78. The Labute approximate surface area is 107 Å². The van der Waals surface area contributed by atoms with Crippen molar-refractivity contribution in [3.8, 4) is 0 Å². The van der Waals surface area contributed by atoms with Crippen LogP contribution in [0.1, 0.15) is 25.5 Å². The Bertz CT molecular complexity index is 406. The average molecular weight is 250 g/mol. The maximum absolute atomic E-state index is 11.7. The molecule has 0 aliphatic rings. The lowest BCUT2D eigenvalue weighted by atomic mass is 10.1. The first-order valence-electron chi connectivity index (χ1n) is 5.97. The summed E-state index contributed by atoms with van der Waals surface area (Å²) in [5.41, 5.74) is 1.15. The minimum absolute atomic E-state index is 0.164. The van der Waals surface area contributed by atoms with E-state index < -0.39 is 6.03 Å². The van der Waals surface area contributed by atoms with E-state index in [2.05, 4.69) is 10.6 Å². The molecule has 18 heavy (non-hydrogen) atoms. The van der Waals surface area contributed by atoms with E-state index in [1.54, 1.807) is 6.92 Å². The fraction of sp³-hybridized carbons (Fsp3) is 0.385. The van der Waals surface area contributed by atoms with Crippen LogP contribution in [0.5, 0.6) is 0 Å². The average Bonchev–Trinajstić information content (AvgIpc) is 2.39. The van der Waals surface area contributed by atoms with Crippen LogP contribution in [0.2, 0.25) is 0 Å². The molecule has 0 aliphatic heterocycles. The first-order valence-corrected chi connectivity index (χ1v) is 5.97. The van der Waals surface area contributed by atoms with E-state index in [1.807, 2.05) is 42.6 Å². The van der Waals surface area contributed by atoms with Crippen molar-refractivity contribution < 1.29 is 14.9 Å². The van der Waals surface area contributed by atoms with Crippen LogP contribution in [-0.4, -0.2) is 25.0 Å². The number of carbonyl (C=O) groups is 2. The summed E-state index contributed by atoms with van der Waals surface area (Å²) in [4.78, 5) is 22.7. The molecule has 1 aromatic carbocycles. The predicted octanol–water partition coefficient (Wildman–Crippen LogP) is 0.155. The van der Waals surface area contributed by atoms with Crippen LogP contribution in [0.25, 0.3) is 0 Å². The summed E-state index contributed by atoms with van der Waals surface area (Å²) >= 11 is 0. The highest BCUT2D eigenvalue weighted by molar-refractivity contribution is 5.95. The van der Waals surface area contributed by atoms with Gasteiger partial charge in [-0.05, 0) is 13.8 Å². The van der Waals surface area contributed by atoms with Crippen molar-refractivity contribution in [3.63, 3.8) is 0 Å². The summed E-state index contributed by atoms with van der Waals surface area (Å²) in [5.74, 6) is -0.294. The molecule has 4 N–H and O–H groups in total. The van der Waals surface area contributed by atoms with E-state index in [1.165, 1.54) is 7.05 Å². The molecule has 1 aromatic rings. The van der Waals surface area contributed by atoms with E-state index in [-0.39, 0.29) is 18.0 Å². The summed E-state index contributed by atoms with van der Waals surface area (Å²) < 4.78 is 0. The number of urea groups is 1. The van der Waals surface area contributed by atoms with Crippen LogP contribution >= 0.6 is 0 Å². The van der Waals surface area contributed by atoms with Gasteiger partial charge in [0, 0.05) is 12.6 Å². The smallest absolute Gasteiger partial charge is 0.321 e. The highest BCUT2D eigenvalue weighted by Gasteiger charge is 2.21. The molecular weight excluding hydrogens is 230 g/mol. The zero-order valence-corrected chi connectivity index (χ0v) is 10.9. The number of quaternary nitrogens is 1. The van der Waals surface area contributed by atoms with Crippen LogP contribution in [0, 0.1) is 0 Å². The number of nitrogens with two attached hydrogens (primary N) is 1. The predicted molar refractivity (Wildman–Crippen MR) is 68.8 cm³/mol.